The first kappa shape index (κ1) is 22.5. The molecule has 0 spiro atoms. The van der Waals surface area contributed by atoms with Crippen LogP contribution >= 0.6 is 35.6 Å². The van der Waals surface area contributed by atoms with Gasteiger partial charge in [-0.3, -0.25) is 4.79 Å². The number of rotatable bonds is 8. The number of nitrogens with one attached hydrogen (secondary N) is 1. The minimum atomic E-state index is -0.219. The summed E-state index contributed by atoms with van der Waals surface area (Å²) in [6.45, 7) is 7.03. The van der Waals surface area contributed by atoms with Gasteiger partial charge in [0.1, 0.15) is 23.3 Å². The highest BCUT2D eigenvalue weighted by Gasteiger charge is 2.22. The molecule has 0 bridgehead atoms. The summed E-state index contributed by atoms with van der Waals surface area (Å²) in [5, 5.41) is 2.99. The second-order valence-corrected chi connectivity index (χ2v) is 8.71. The second-order valence-electron chi connectivity index (χ2n) is 6.58. The Morgan fingerprint density at radius 1 is 1.10 bits per heavy atom. The molecule has 2 aromatic carbocycles. The second kappa shape index (κ2) is 10.2. The third-order valence-electron chi connectivity index (χ3n) is 4.20. The van der Waals surface area contributed by atoms with Crippen molar-refractivity contribution in [2.24, 2.45) is 0 Å². The van der Waals surface area contributed by atoms with Gasteiger partial charge in [0.2, 0.25) is 0 Å². The quantitative estimate of drug-likeness (QED) is 0.325. The van der Waals surface area contributed by atoms with Crippen LogP contribution in [0.3, 0.4) is 0 Å². The Bertz CT molecular complexity index is 1010. The third-order valence-corrected chi connectivity index (χ3v) is 5.65. The number of benzene rings is 2. The molecule has 1 aliphatic heterocycles. The molecule has 3 rings (SSSR count). The monoisotopic (exact) mass is 463 g/mol. The van der Waals surface area contributed by atoms with Crippen LogP contribution in [0.2, 0.25) is 5.02 Å². The molecular formula is C22H22ClNO4S2. The highest BCUT2D eigenvalue weighted by atomic mass is 35.5. The molecule has 158 valence electrons. The van der Waals surface area contributed by atoms with E-state index in [0.29, 0.717) is 45.6 Å². The fraction of sp³-hybridized carbons (Fsp3) is 0.273. The van der Waals surface area contributed by atoms with Crippen molar-refractivity contribution in [2.45, 2.75) is 20.8 Å². The summed E-state index contributed by atoms with van der Waals surface area (Å²) in [5.41, 5.74) is 2.93. The predicted molar refractivity (Wildman–Crippen MR) is 126 cm³/mol. The lowest BCUT2D eigenvalue weighted by Gasteiger charge is -2.15. The average Bonchev–Trinajstić information content (AvgIpc) is 3.00. The Labute approximate surface area is 190 Å². The van der Waals surface area contributed by atoms with E-state index in [1.54, 1.807) is 18.2 Å². The zero-order valence-electron chi connectivity index (χ0n) is 16.9. The van der Waals surface area contributed by atoms with E-state index in [4.69, 9.17) is 38.0 Å². The maximum atomic E-state index is 11.9. The van der Waals surface area contributed by atoms with Gasteiger partial charge in [0.15, 0.2) is 11.5 Å². The molecule has 1 fully saturated rings. The first-order valence-corrected chi connectivity index (χ1v) is 11.0. The van der Waals surface area contributed by atoms with Crippen molar-refractivity contribution >= 4 is 51.9 Å². The summed E-state index contributed by atoms with van der Waals surface area (Å²) in [5.74, 6) is 1.57. The molecule has 1 heterocycles. The fourth-order valence-corrected chi connectivity index (χ4v) is 4.12. The zero-order valence-corrected chi connectivity index (χ0v) is 19.3. The minimum absolute atomic E-state index is 0.219. The molecule has 0 aromatic heterocycles. The van der Waals surface area contributed by atoms with Crippen LogP contribution in [0, 0.1) is 13.8 Å². The van der Waals surface area contributed by atoms with E-state index < -0.39 is 0 Å². The molecular weight excluding hydrogens is 442 g/mol. The predicted octanol–water partition coefficient (Wildman–Crippen LogP) is 5.30. The van der Waals surface area contributed by atoms with Gasteiger partial charge in [-0.15, -0.1) is 0 Å². The summed E-state index contributed by atoms with van der Waals surface area (Å²) in [4.78, 5) is 12.4. The fourth-order valence-electron chi connectivity index (χ4n) is 2.80. The SMILES string of the molecule is CCOc1cc(/C=C2\SC(=S)NC2=O)cc(Cl)c1OCCOc1cc(C)ccc1C. The lowest BCUT2D eigenvalue weighted by Crippen LogP contribution is -2.17. The number of hydrogen-bond acceptors (Lipinski definition) is 6. The summed E-state index contributed by atoms with van der Waals surface area (Å²) in [6, 6.07) is 9.59. The average molecular weight is 464 g/mol. The van der Waals surface area contributed by atoms with Crippen molar-refractivity contribution in [1.82, 2.24) is 5.32 Å². The van der Waals surface area contributed by atoms with E-state index in [1.807, 2.05) is 39.0 Å². The summed E-state index contributed by atoms with van der Waals surface area (Å²) in [7, 11) is 0. The van der Waals surface area contributed by atoms with Gasteiger partial charge in [-0.05, 0) is 61.7 Å². The van der Waals surface area contributed by atoms with Gasteiger partial charge >= 0.3 is 0 Å². The van der Waals surface area contributed by atoms with Crippen LogP contribution in [0.5, 0.6) is 17.2 Å². The topological polar surface area (TPSA) is 56.8 Å². The number of ether oxygens (including phenoxy) is 3. The summed E-state index contributed by atoms with van der Waals surface area (Å²) >= 11 is 12.7. The van der Waals surface area contributed by atoms with Crippen LogP contribution in [-0.4, -0.2) is 30.0 Å². The highest BCUT2D eigenvalue weighted by molar-refractivity contribution is 8.26. The Hall–Kier alpha value is -2.22. The van der Waals surface area contributed by atoms with Crippen LogP contribution in [0.1, 0.15) is 23.6 Å². The molecule has 1 aliphatic rings. The van der Waals surface area contributed by atoms with E-state index >= 15 is 0 Å². The molecule has 2 aromatic rings. The smallest absolute Gasteiger partial charge is 0.263 e. The zero-order chi connectivity index (χ0) is 21.7. The number of thioether (sulfide) groups is 1. The lowest BCUT2D eigenvalue weighted by molar-refractivity contribution is -0.115. The van der Waals surface area contributed by atoms with Gasteiger partial charge in [0, 0.05) is 0 Å². The molecule has 30 heavy (non-hydrogen) atoms. The molecule has 0 aliphatic carbocycles. The van der Waals surface area contributed by atoms with Gasteiger partial charge in [0.25, 0.3) is 5.91 Å². The number of carbonyl (C=O) groups excluding carboxylic acids is 1. The van der Waals surface area contributed by atoms with Crippen LogP contribution < -0.4 is 19.5 Å². The molecule has 1 amide bonds. The molecule has 1 N–H and O–H groups in total. The normalized spacial score (nSPS) is 14.7. The van der Waals surface area contributed by atoms with E-state index in [0.717, 1.165) is 22.4 Å². The maximum Gasteiger partial charge on any atom is 0.263 e. The molecule has 0 radical (unpaired) electrons. The number of thiocarbonyl (C=S) groups is 1. The molecule has 8 heteroatoms. The van der Waals surface area contributed by atoms with Crippen LogP contribution in [0.4, 0.5) is 0 Å². The minimum Gasteiger partial charge on any atom is -0.490 e. The largest absolute Gasteiger partial charge is 0.490 e. The van der Waals surface area contributed by atoms with E-state index in [9.17, 15) is 4.79 Å². The van der Waals surface area contributed by atoms with Crippen molar-refractivity contribution in [1.29, 1.82) is 0 Å². The van der Waals surface area contributed by atoms with Crippen LogP contribution in [-0.2, 0) is 4.79 Å². The Kier molecular flexibility index (Phi) is 7.64. The molecule has 5 nitrogen and oxygen atoms in total. The Morgan fingerprint density at radius 2 is 1.87 bits per heavy atom. The van der Waals surface area contributed by atoms with Crippen molar-refractivity contribution in [3.63, 3.8) is 0 Å². The number of carbonyl (C=O) groups is 1. The van der Waals surface area contributed by atoms with Crippen LogP contribution in [0.15, 0.2) is 35.2 Å². The standard InChI is InChI=1S/C22H22ClNO4S2/c1-4-26-18-11-15(12-19-21(25)24-22(29)30-19)10-16(23)20(18)28-8-7-27-17-9-13(2)5-6-14(17)3/h5-6,9-12H,4,7-8H2,1-3H3,(H,24,25,29)/b19-12-. The maximum absolute atomic E-state index is 11.9. The van der Waals surface area contributed by atoms with E-state index in [1.165, 1.54) is 11.8 Å². The third kappa shape index (κ3) is 5.68. The van der Waals surface area contributed by atoms with E-state index in [-0.39, 0.29) is 5.91 Å². The molecule has 0 atom stereocenters. The highest BCUT2D eigenvalue weighted by Crippen LogP contribution is 2.38. The summed E-state index contributed by atoms with van der Waals surface area (Å²) in [6.07, 6.45) is 1.72. The first-order chi connectivity index (χ1) is 14.4. The molecule has 1 saturated heterocycles. The van der Waals surface area contributed by atoms with Crippen molar-refractivity contribution < 1.29 is 19.0 Å². The Morgan fingerprint density at radius 3 is 2.57 bits per heavy atom. The van der Waals surface area contributed by atoms with Gasteiger partial charge in [-0.25, -0.2) is 0 Å². The van der Waals surface area contributed by atoms with Crippen molar-refractivity contribution in [3.05, 3.63) is 56.9 Å². The van der Waals surface area contributed by atoms with Gasteiger partial charge in [-0.2, -0.15) is 0 Å². The van der Waals surface area contributed by atoms with Gasteiger partial charge in [0.05, 0.1) is 16.5 Å². The van der Waals surface area contributed by atoms with Crippen molar-refractivity contribution in [2.75, 3.05) is 19.8 Å². The molecule has 0 unspecified atom stereocenters. The summed E-state index contributed by atoms with van der Waals surface area (Å²) < 4.78 is 17.8. The van der Waals surface area contributed by atoms with Gasteiger partial charge in [-0.1, -0.05) is 47.7 Å². The number of amides is 1. The number of aryl methyl sites for hydroxylation is 2. The van der Waals surface area contributed by atoms with E-state index in [2.05, 4.69) is 5.32 Å². The van der Waals surface area contributed by atoms with Crippen LogP contribution in [0.25, 0.3) is 6.08 Å². The van der Waals surface area contributed by atoms with Crippen molar-refractivity contribution in [3.8, 4) is 17.2 Å². The first-order valence-electron chi connectivity index (χ1n) is 9.41. The lowest BCUT2D eigenvalue weighted by atomic mass is 10.1. The number of halogens is 1. The number of hydrogen-bond donors (Lipinski definition) is 1. The Balaban J connectivity index is 1.71. The van der Waals surface area contributed by atoms with Gasteiger partial charge < -0.3 is 19.5 Å². The molecule has 0 saturated carbocycles.